The van der Waals surface area contributed by atoms with Gasteiger partial charge in [0.1, 0.15) is 10.1 Å². The molecule has 8 rings (SSSR count). The van der Waals surface area contributed by atoms with Crippen LogP contribution in [0.2, 0.25) is 10.0 Å². The van der Waals surface area contributed by atoms with Crippen molar-refractivity contribution in [2.75, 3.05) is 51.8 Å². The van der Waals surface area contributed by atoms with E-state index in [0.29, 0.717) is 47.4 Å². The zero-order chi connectivity index (χ0) is 34.6. The van der Waals surface area contributed by atoms with Crippen LogP contribution in [0.5, 0.6) is 0 Å². The van der Waals surface area contributed by atoms with Crippen molar-refractivity contribution >= 4 is 58.5 Å². The van der Waals surface area contributed by atoms with Crippen molar-refractivity contribution in [2.45, 2.75) is 36.0 Å². The van der Waals surface area contributed by atoms with E-state index in [1.807, 2.05) is 48.9 Å². The molecule has 2 amide bonds. The van der Waals surface area contributed by atoms with E-state index >= 15 is 0 Å². The predicted molar refractivity (Wildman–Crippen MR) is 198 cm³/mol. The minimum Gasteiger partial charge on any atom is -0.355 e. The molecule has 0 radical (unpaired) electrons. The van der Waals surface area contributed by atoms with E-state index in [1.54, 1.807) is 35.9 Å². The number of amides is 2. The zero-order valence-electron chi connectivity index (χ0n) is 27.8. The molecule has 10 nitrogen and oxygen atoms in total. The number of nitrogens with one attached hydrogen (secondary N) is 2. The van der Waals surface area contributed by atoms with Crippen molar-refractivity contribution in [1.29, 1.82) is 0 Å². The van der Waals surface area contributed by atoms with Gasteiger partial charge < -0.3 is 10.6 Å². The van der Waals surface area contributed by atoms with Gasteiger partial charge in [0.2, 0.25) is 11.8 Å². The lowest BCUT2D eigenvalue weighted by Gasteiger charge is -2.47. The molecule has 0 aliphatic carbocycles. The van der Waals surface area contributed by atoms with Gasteiger partial charge in [0.05, 0.1) is 45.2 Å². The van der Waals surface area contributed by atoms with Gasteiger partial charge in [0, 0.05) is 98.3 Å². The first-order valence-electron chi connectivity index (χ1n) is 16.5. The summed E-state index contributed by atoms with van der Waals surface area (Å²) in [6.07, 6.45) is 8.80. The lowest BCUT2D eigenvalue weighted by molar-refractivity contribution is -0.121. The minimum atomic E-state index is 0.0685. The summed E-state index contributed by atoms with van der Waals surface area (Å²) in [5.41, 5.74) is 6.50. The summed E-state index contributed by atoms with van der Waals surface area (Å²) in [4.78, 5) is 47.8. The highest BCUT2D eigenvalue weighted by Gasteiger charge is 2.49. The van der Waals surface area contributed by atoms with Gasteiger partial charge in [0.25, 0.3) is 0 Å². The number of halogens is 2. The summed E-state index contributed by atoms with van der Waals surface area (Å²) in [7, 11) is 0. The molecule has 4 fully saturated rings. The van der Waals surface area contributed by atoms with E-state index < -0.39 is 0 Å². The molecule has 2 N–H and O–H groups in total. The Morgan fingerprint density at radius 2 is 1.08 bits per heavy atom. The number of carbonyl (C=O) groups is 2. The van der Waals surface area contributed by atoms with Gasteiger partial charge in [-0.25, -0.2) is 9.97 Å². The Kier molecular flexibility index (Phi) is 9.06. The highest BCUT2D eigenvalue weighted by atomic mass is 35.5. The Labute approximate surface area is 309 Å². The molecule has 2 aromatic carbocycles. The molecule has 0 unspecified atom stereocenters. The van der Waals surface area contributed by atoms with Crippen LogP contribution in [-0.4, -0.2) is 93.3 Å². The SMILES string of the molecule is CSc1nc(-c2cccc(-c3cccc(-c4cnc(CN5CC6(CNC(=O)C6)C5)c(SC)n4)c3Cl)c2Cl)cnc1CN1CC2(CNC(=O)C2)C1. The number of hydrogen-bond donors (Lipinski definition) is 2. The number of hydrogen-bond acceptors (Lipinski definition) is 10. The fourth-order valence-corrected chi connectivity index (χ4v) is 9.61. The van der Waals surface area contributed by atoms with Gasteiger partial charge in [-0.15, -0.1) is 23.5 Å². The Bertz CT molecular complexity index is 1880. The van der Waals surface area contributed by atoms with Crippen LogP contribution in [0.1, 0.15) is 24.2 Å². The van der Waals surface area contributed by atoms with Crippen molar-refractivity contribution in [3.05, 3.63) is 70.2 Å². The van der Waals surface area contributed by atoms with Crippen molar-refractivity contribution in [2.24, 2.45) is 10.8 Å². The lowest BCUT2D eigenvalue weighted by Crippen LogP contribution is -2.56. The average molecular weight is 748 g/mol. The van der Waals surface area contributed by atoms with Gasteiger partial charge in [-0.2, -0.15) is 0 Å². The second kappa shape index (κ2) is 13.4. The smallest absolute Gasteiger partial charge is 0.220 e. The fourth-order valence-electron chi connectivity index (χ4n) is 7.88. The number of thioether (sulfide) groups is 2. The minimum absolute atomic E-state index is 0.0685. The van der Waals surface area contributed by atoms with Gasteiger partial charge in [-0.05, 0) is 12.5 Å². The maximum absolute atomic E-state index is 11.8. The van der Waals surface area contributed by atoms with Crippen LogP contribution in [0.25, 0.3) is 33.6 Å². The Morgan fingerprint density at radius 3 is 1.44 bits per heavy atom. The zero-order valence-corrected chi connectivity index (χ0v) is 30.9. The second-order valence-corrected chi connectivity index (χ2v) is 16.3. The Morgan fingerprint density at radius 1 is 0.680 bits per heavy atom. The van der Waals surface area contributed by atoms with Crippen molar-refractivity contribution in [3.63, 3.8) is 0 Å². The standard InChI is InChI=1S/C36H36Cl2N8O2S2/c1-49-33-27(13-45-17-35(18-45)9-29(47)41-15-35)39-11-25(43-33)23-7-3-5-21(31(23)37)22-6-4-8-24(32(22)38)26-12-40-28(34(44-26)50-2)14-46-19-36(20-46)10-30(48)42-16-36/h3-8,11-12H,9-10,13-20H2,1-2H3,(H,41,47)(H,42,48). The van der Waals surface area contributed by atoms with Crippen LogP contribution < -0.4 is 10.6 Å². The summed E-state index contributed by atoms with van der Waals surface area (Å²) < 4.78 is 0. The molecule has 0 saturated carbocycles. The predicted octanol–water partition coefficient (Wildman–Crippen LogP) is 5.66. The summed E-state index contributed by atoms with van der Waals surface area (Å²) in [6.45, 7) is 6.42. The largest absolute Gasteiger partial charge is 0.355 e. The highest BCUT2D eigenvalue weighted by molar-refractivity contribution is 7.98. The van der Waals surface area contributed by atoms with E-state index in [1.165, 1.54) is 0 Å². The lowest BCUT2D eigenvalue weighted by atomic mass is 9.79. The molecule has 2 aromatic heterocycles. The molecule has 50 heavy (non-hydrogen) atoms. The van der Waals surface area contributed by atoms with Gasteiger partial charge >= 0.3 is 0 Å². The first-order valence-corrected chi connectivity index (χ1v) is 19.7. The molecular formula is C36H36Cl2N8O2S2. The molecule has 0 atom stereocenters. The number of benzene rings is 2. The Hall–Kier alpha value is -3.26. The van der Waals surface area contributed by atoms with E-state index in [9.17, 15) is 9.59 Å². The number of aromatic nitrogens is 4. The summed E-state index contributed by atoms with van der Waals surface area (Å²) in [6, 6.07) is 11.8. The van der Waals surface area contributed by atoms with Gasteiger partial charge in [0.15, 0.2) is 0 Å². The van der Waals surface area contributed by atoms with E-state index in [0.717, 1.165) is 83.0 Å². The topological polar surface area (TPSA) is 116 Å². The first kappa shape index (κ1) is 33.9. The molecule has 4 aliphatic heterocycles. The number of rotatable bonds is 9. The van der Waals surface area contributed by atoms with Crippen LogP contribution >= 0.6 is 46.7 Å². The first-order chi connectivity index (χ1) is 24.2. The molecule has 2 spiro atoms. The average Bonchev–Trinajstić information content (AvgIpc) is 3.68. The van der Waals surface area contributed by atoms with Gasteiger partial charge in [-0.1, -0.05) is 59.6 Å². The molecule has 14 heteroatoms. The monoisotopic (exact) mass is 746 g/mol. The van der Waals surface area contributed by atoms with Gasteiger partial charge in [-0.3, -0.25) is 29.4 Å². The summed E-state index contributed by atoms with van der Waals surface area (Å²) >= 11 is 17.4. The third kappa shape index (κ3) is 6.28. The Balaban J connectivity index is 1.01. The van der Waals surface area contributed by atoms with E-state index in [4.69, 9.17) is 43.1 Å². The molecular weight excluding hydrogens is 711 g/mol. The van der Waals surface area contributed by atoms with Crippen molar-refractivity contribution in [3.8, 4) is 33.6 Å². The number of carbonyl (C=O) groups excluding carboxylic acids is 2. The summed E-state index contributed by atoms with van der Waals surface area (Å²) in [5.74, 6) is 0.292. The molecule has 6 heterocycles. The number of nitrogens with zero attached hydrogens (tertiary/aromatic N) is 6. The van der Waals surface area contributed by atoms with Crippen LogP contribution in [0.15, 0.2) is 58.8 Å². The number of likely N-dealkylation sites (tertiary alicyclic amines) is 2. The maximum Gasteiger partial charge on any atom is 0.220 e. The van der Waals surface area contributed by atoms with E-state index in [2.05, 4.69) is 20.4 Å². The maximum atomic E-state index is 11.8. The summed E-state index contributed by atoms with van der Waals surface area (Å²) in [5, 5.41) is 8.74. The second-order valence-electron chi connectivity index (χ2n) is 14.0. The molecule has 4 aliphatic rings. The molecule has 4 saturated heterocycles. The molecule has 4 aromatic rings. The van der Waals surface area contributed by atoms with Crippen LogP contribution in [0.4, 0.5) is 0 Å². The third-order valence-corrected chi connectivity index (χ3v) is 12.5. The van der Waals surface area contributed by atoms with E-state index in [-0.39, 0.29) is 22.6 Å². The third-order valence-electron chi connectivity index (χ3n) is 10.2. The van der Waals surface area contributed by atoms with Crippen molar-refractivity contribution in [1.82, 2.24) is 40.4 Å². The fraction of sp³-hybridized carbons (Fsp3) is 0.389. The molecule has 0 bridgehead atoms. The normalized spacial score (nSPS) is 19.4. The van der Waals surface area contributed by atoms with Crippen LogP contribution in [0, 0.1) is 10.8 Å². The quantitative estimate of drug-likeness (QED) is 0.208. The van der Waals surface area contributed by atoms with Crippen LogP contribution in [-0.2, 0) is 22.7 Å². The molecule has 258 valence electrons. The van der Waals surface area contributed by atoms with Crippen LogP contribution in [0.3, 0.4) is 0 Å². The highest BCUT2D eigenvalue weighted by Crippen LogP contribution is 2.43. The van der Waals surface area contributed by atoms with Crippen molar-refractivity contribution < 1.29 is 9.59 Å².